The molecule has 1 unspecified atom stereocenters. The van der Waals surface area contributed by atoms with Gasteiger partial charge in [-0.3, -0.25) is 4.79 Å². The van der Waals surface area contributed by atoms with Gasteiger partial charge in [0.2, 0.25) is 5.91 Å². The smallest absolute Gasteiger partial charge is 0.237 e. The molecule has 1 aromatic carbocycles. The van der Waals surface area contributed by atoms with Crippen molar-refractivity contribution in [2.75, 3.05) is 13.2 Å². The molecule has 0 spiro atoms. The Morgan fingerprint density at radius 2 is 2.05 bits per heavy atom. The fourth-order valence-electron chi connectivity index (χ4n) is 2.23. The molecule has 0 aromatic heterocycles. The van der Waals surface area contributed by atoms with Crippen LogP contribution >= 0.6 is 0 Å². The van der Waals surface area contributed by atoms with E-state index in [1.165, 1.54) is 5.56 Å². The Morgan fingerprint density at radius 3 is 2.65 bits per heavy atom. The van der Waals surface area contributed by atoms with Crippen LogP contribution in [0.4, 0.5) is 0 Å². The number of carbonyl (C=O) groups excluding carboxylic acids is 1. The highest BCUT2D eigenvalue weighted by atomic mass is 16.5. The molecule has 0 aliphatic heterocycles. The third-order valence-corrected chi connectivity index (χ3v) is 3.54. The topological polar surface area (TPSA) is 64.3 Å². The lowest BCUT2D eigenvalue weighted by atomic mass is 9.95. The molecular formula is C16H26N2O2. The van der Waals surface area contributed by atoms with Crippen molar-refractivity contribution in [2.24, 2.45) is 5.73 Å². The van der Waals surface area contributed by atoms with Crippen LogP contribution in [0, 0.1) is 0 Å². The number of hydrogen-bond acceptors (Lipinski definition) is 3. The van der Waals surface area contributed by atoms with Gasteiger partial charge in [0.15, 0.2) is 0 Å². The minimum Gasteiger partial charge on any atom is -0.493 e. The third kappa shape index (κ3) is 4.53. The number of ether oxygens (including phenoxy) is 1. The Bertz CT molecular complexity index is 434. The largest absolute Gasteiger partial charge is 0.493 e. The number of carbonyl (C=O) groups is 1. The number of benzene rings is 1. The van der Waals surface area contributed by atoms with Crippen LogP contribution in [0.25, 0.3) is 0 Å². The van der Waals surface area contributed by atoms with Crippen LogP contribution < -0.4 is 15.8 Å². The Kier molecular flexibility index (Phi) is 6.52. The van der Waals surface area contributed by atoms with E-state index in [0.29, 0.717) is 13.0 Å². The zero-order valence-electron chi connectivity index (χ0n) is 12.7. The molecule has 1 rings (SSSR count). The van der Waals surface area contributed by atoms with Gasteiger partial charge in [-0.25, -0.2) is 0 Å². The first kappa shape index (κ1) is 16.5. The summed E-state index contributed by atoms with van der Waals surface area (Å²) in [5.41, 5.74) is 6.01. The van der Waals surface area contributed by atoms with Crippen molar-refractivity contribution in [3.05, 3.63) is 29.8 Å². The van der Waals surface area contributed by atoms with Gasteiger partial charge in [-0.2, -0.15) is 0 Å². The van der Waals surface area contributed by atoms with Crippen molar-refractivity contribution in [2.45, 2.75) is 45.6 Å². The predicted molar refractivity (Wildman–Crippen MR) is 81.8 cm³/mol. The van der Waals surface area contributed by atoms with E-state index < -0.39 is 5.54 Å². The molecule has 0 aliphatic rings. The van der Waals surface area contributed by atoms with E-state index >= 15 is 0 Å². The highest BCUT2D eigenvalue weighted by molar-refractivity contribution is 5.84. The number of primary amides is 1. The zero-order chi connectivity index (χ0) is 15.0. The van der Waals surface area contributed by atoms with Crippen molar-refractivity contribution >= 4 is 5.91 Å². The first-order chi connectivity index (χ1) is 9.53. The van der Waals surface area contributed by atoms with Crippen molar-refractivity contribution < 1.29 is 9.53 Å². The Labute approximate surface area is 121 Å². The summed E-state index contributed by atoms with van der Waals surface area (Å²) in [7, 11) is 0. The van der Waals surface area contributed by atoms with Crippen LogP contribution in [0.2, 0.25) is 0 Å². The van der Waals surface area contributed by atoms with Gasteiger partial charge in [0.05, 0.1) is 12.1 Å². The highest BCUT2D eigenvalue weighted by Gasteiger charge is 2.29. The van der Waals surface area contributed by atoms with Crippen molar-refractivity contribution in [3.8, 4) is 5.75 Å². The van der Waals surface area contributed by atoms with Gasteiger partial charge in [-0.15, -0.1) is 0 Å². The predicted octanol–water partition coefficient (Wildman–Crippen LogP) is 2.26. The minimum absolute atomic E-state index is 0.312. The van der Waals surface area contributed by atoms with Crippen LogP contribution in [0.1, 0.15) is 39.2 Å². The lowest BCUT2D eigenvalue weighted by molar-refractivity contribution is -0.124. The van der Waals surface area contributed by atoms with Crippen LogP contribution in [0.5, 0.6) is 5.75 Å². The number of aryl methyl sites for hydroxylation is 1. The van der Waals surface area contributed by atoms with E-state index in [1.54, 1.807) is 0 Å². The summed E-state index contributed by atoms with van der Waals surface area (Å²) in [5, 5.41) is 3.15. The molecule has 1 atom stereocenters. The van der Waals surface area contributed by atoms with Gasteiger partial charge < -0.3 is 15.8 Å². The SMILES string of the molecule is CCNC(C)(CCCOc1ccccc1CC)C(N)=O. The van der Waals surface area contributed by atoms with E-state index in [-0.39, 0.29) is 5.91 Å². The summed E-state index contributed by atoms with van der Waals surface area (Å²) < 4.78 is 5.80. The van der Waals surface area contributed by atoms with Crippen LogP contribution in [0.3, 0.4) is 0 Å². The van der Waals surface area contributed by atoms with E-state index in [1.807, 2.05) is 32.0 Å². The second kappa shape index (κ2) is 7.90. The second-order valence-electron chi connectivity index (χ2n) is 5.14. The second-order valence-corrected chi connectivity index (χ2v) is 5.14. The van der Waals surface area contributed by atoms with Gasteiger partial charge in [0.25, 0.3) is 0 Å². The average Bonchev–Trinajstić information content (AvgIpc) is 2.44. The number of likely N-dealkylation sites (N-methyl/N-ethyl adjacent to an activating group) is 1. The van der Waals surface area contributed by atoms with E-state index in [9.17, 15) is 4.79 Å². The van der Waals surface area contributed by atoms with Gasteiger partial charge >= 0.3 is 0 Å². The summed E-state index contributed by atoms with van der Waals surface area (Å²) in [6.07, 6.45) is 2.40. The maximum atomic E-state index is 11.5. The quantitative estimate of drug-likeness (QED) is 0.681. The molecule has 4 heteroatoms. The maximum Gasteiger partial charge on any atom is 0.237 e. The number of rotatable bonds is 9. The molecule has 112 valence electrons. The highest BCUT2D eigenvalue weighted by Crippen LogP contribution is 2.19. The van der Waals surface area contributed by atoms with Crippen molar-refractivity contribution in [1.82, 2.24) is 5.32 Å². The fourth-order valence-corrected chi connectivity index (χ4v) is 2.23. The Morgan fingerprint density at radius 1 is 1.35 bits per heavy atom. The number of amides is 1. The average molecular weight is 278 g/mol. The molecule has 20 heavy (non-hydrogen) atoms. The first-order valence-corrected chi connectivity index (χ1v) is 7.29. The summed E-state index contributed by atoms with van der Waals surface area (Å²) >= 11 is 0. The third-order valence-electron chi connectivity index (χ3n) is 3.54. The number of nitrogens with two attached hydrogens (primary N) is 1. The standard InChI is InChI=1S/C16H26N2O2/c1-4-13-9-6-7-10-14(13)20-12-8-11-16(3,15(17)19)18-5-2/h6-7,9-10,18H,4-5,8,11-12H2,1-3H3,(H2,17,19). The molecule has 0 aliphatic carbocycles. The van der Waals surface area contributed by atoms with E-state index in [4.69, 9.17) is 10.5 Å². The molecular weight excluding hydrogens is 252 g/mol. The van der Waals surface area contributed by atoms with Crippen molar-refractivity contribution in [1.29, 1.82) is 0 Å². The van der Waals surface area contributed by atoms with Gasteiger partial charge in [-0.05, 0) is 44.4 Å². The molecule has 1 amide bonds. The molecule has 1 aromatic rings. The summed E-state index contributed by atoms with van der Waals surface area (Å²) in [6, 6.07) is 8.04. The molecule has 3 N–H and O–H groups in total. The lowest BCUT2D eigenvalue weighted by Gasteiger charge is -2.27. The molecule has 0 bridgehead atoms. The molecule has 0 fully saturated rings. The van der Waals surface area contributed by atoms with Crippen molar-refractivity contribution in [3.63, 3.8) is 0 Å². The van der Waals surface area contributed by atoms with Gasteiger partial charge in [0, 0.05) is 0 Å². The number of nitrogens with one attached hydrogen (secondary N) is 1. The zero-order valence-corrected chi connectivity index (χ0v) is 12.7. The van der Waals surface area contributed by atoms with E-state index in [2.05, 4.69) is 18.3 Å². The first-order valence-electron chi connectivity index (χ1n) is 7.29. The fraction of sp³-hybridized carbons (Fsp3) is 0.562. The van der Waals surface area contributed by atoms with Gasteiger partial charge in [0.1, 0.15) is 5.75 Å². The number of hydrogen-bond donors (Lipinski definition) is 2. The van der Waals surface area contributed by atoms with Gasteiger partial charge in [-0.1, -0.05) is 32.0 Å². The monoisotopic (exact) mass is 278 g/mol. The Hall–Kier alpha value is -1.55. The minimum atomic E-state index is -0.650. The Balaban J connectivity index is 2.46. The molecule has 0 saturated heterocycles. The van der Waals surface area contributed by atoms with Crippen LogP contribution in [-0.4, -0.2) is 24.6 Å². The van der Waals surface area contributed by atoms with Crippen LogP contribution in [-0.2, 0) is 11.2 Å². The normalized spacial score (nSPS) is 13.8. The molecule has 0 heterocycles. The number of para-hydroxylation sites is 1. The molecule has 0 saturated carbocycles. The maximum absolute atomic E-state index is 11.5. The van der Waals surface area contributed by atoms with E-state index in [0.717, 1.165) is 25.1 Å². The molecule has 0 radical (unpaired) electrons. The lowest BCUT2D eigenvalue weighted by Crippen LogP contribution is -2.53. The summed E-state index contributed by atoms with van der Waals surface area (Å²) in [4.78, 5) is 11.5. The molecule has 4 nitrogen and oxygen atoms in total. The summed E-state index contributed by atoms with van der Waals surface area (Å²) in [6.45, 7) is 7.23. The van der Waals surface area contributed by atoms with Crippen LogP contribution in [0.15, 0.2) is 24.3 Å². The summed E-state index contributed by atoms with van der Waals surface area (Å²) in [5.74, 6) is 0.618.